The third kappa shape index (κ3) is 5.13. The molecule has 1 saturated heterocycles. The number of halogens is 1. The van der Waals surface area contributed by atoms with Gasteiger partial charge in [0.05, 0.1) is 6.42 Å². The molecule has 1 aliphatic heterocycles. The number of nitrogens with zero attached hydrogens (tertiary/aromatic N) is 1. The van der Waals surface area contributed by atoms with Crippen LogP contribution in [0.25, 0.3) is 0 Å². The topological polar surface area (TPSA) is 69.6 Å². The first-order chi connectivity index (χ1) is 10.0. The second-order valence-electron chi connectivity index (χ2n) is 4.81. The van der Waals surface area contributed by atoms with Crippen LogP contribution in [0.5, 0.6) is 0 Å². The van der Waals surface area contributed by atoms with Crippen LogP contribution in [-0.2, 0) is 4.79 Å². The van der Waals surface area contributed by atoms with Crippen LogP contribution < -0.4 is 5.32 Å². The Labute approximate surface area is 132 Å². The minimum absolute atomic E-state index is 0.0553. The van der Waals surface area contributed by atoms with E-state index in [1.165, 1.54) is 0 Å². The third-order valence-electron chi connectivity index (χ3n) is 3.15. The second kappa shape index (κ2) is 7.56. The summed E-state index contributed by atoms with van der Waals surface area (Å²) >= 11 is 7.67. The molecular weight excluding hydrogens is 312 g/mol. The van der Waals surface area contributed by atoms with Gasteiger partial charge in [0.15, 0.2) is 0 Å². The minimum Gasteiger partial charge on any atom is -0.481 e. The fourth-order valence-electron chi connectivity index (χ4n) is 2.13. The number of nitrogens with one attached hydrogen (secondary N) is 1. The van der Waals surface area contributed by atoms with Gasteiger partial charge in [-0.1, -0.05) is 17.7 Å². The van der Waals surface area contributed by atoms with E-state index in [2.05, 4.69) is 5.32 Å². The van der Waals surface area contributed by atoms with E-state index in [4.69, 9.17) is 16.7 Å². The maximum absolute atomic E-state index is 11.9. The average Bonchev–Trinajstić information content (AvgIpc) is 2.87. The molecule has 2 amide bonds. The molecule has 21 heavy (non-hydrogen) atoms. The van der Waals surface area contributed by atoms with Crippen molar-refractivity contribution in [1.29, 1.82) is 0 Å². The van der Waals surface area contributed by atoms with Crippen molar-refractivity contribution in [3.05, 3.63) is 29.3 Å². The Hall–Kier alpha value is -1.40. The lowest BCUT2D eigenvalue weighted by Crippen LogP contribution is -2.39. The summed E-state index contributed by atoms with van der Waals surface area (Å²) in [4.78, 5) is 25.1. The van der Waals surface area contributed by atoms with E-state index in [0.29, 0.717) is 23.4 Å². The lowest BCUT2D eigenvalue weighted by molar-refractivity contribution is -0.136. The first-order valence-corrected chi connectivity index (χ1v) is 7.97. The quantitative estimate of drug-likeness (QED) is 0.872. The summed E-state index contributed by atoms with van der Waals surface area (Å²) in [5.74, 6) is -0.911. The molecule has 1 atom stereocenters. The third-order valence-corrected chi connectivity index (χ3v) is 4.63. The number of carboxylic acid groups (broad SMARTS) is 1. The Morgan fingerprint density at radius 2 is 2.29 bits per heavy atom. The molecule has 5 nitrogen and oxygen atoms in total. The number of carbonyl (C=O) groups excluding carboxylic acids is 1. The summed E-state index contributed by atoms with van der Waals surface area (Å²) in [6, 6.07) is 7.48. The van der Waals surface area contributed by atoms with Crippen LogP contribution >= 0.6 is 23.4 Å². The summed E-state index contributed by atoms with van der Waals surface area (Å²) in [5, 5.41) is 12.2. The monoisotopic (exact) mass is 328 g/mol. The zero-order valence-corrected chi connectivity index (χ0v) is 13.0. The number of urea groups is 1. The number of rotatable bonds is 5. The van der Waals surface area contributed by atoms with Gasteiger partial charge < -0.3 is 15.3 Å². The van der Waals surface area contributed by atoms with Gasteiger partial charge in [0, 0.05) is 34.8 Å². The Bertz CT molecular complexity index is 527. The summed E-state index contributed by atoms with van der Waals surface area (Å²) in [5.41, 5.74) is 0. The molecule has 0 bridgehead atoms. The van der Waals surface area contributed by atoms with Crippen LogP contribution in [0.2, 0.25) is 5.02 Å². The molecule has 0 radical (unpaired) electrons. The Morgan fingerprint density at radius 3 is 3.00 bits per heavy atom. The highest BCUT2D eigenvalue weighted by Gasteiger charge is 2.26. The Kier molecular flexibility index (Phi) is 5.76. The van der Waals surface area contributed by atoms with Crippen LogP contribution in [0.1, 0.15) is 12.8 Å². The number of hydrogen-bond donors (Lipinski definition) is 2. The lowest BCUT2D eigenvalue weighted by Gasteiger charge is -2.17. The standard InChI is InChI=1S/C14H17ClN2O3S/c15-10-2-1-3-11(8-10)21-12-5-7-17(9-12)14(20)16-6-4-13(18)19/h1-3,8,12H,4-7,9H2,(H,16,20)(H,18,19). The number of carbonyl (C=O) groups is 2. The zero-order chi connectivity index (χ0) is 15.2. The summed E-state index contributed by atoms with van der Waals surface area (Å²) in [6.07, 6.45) is 0.865. The second-order valence-corrected chi connectivity index (χ2v) is 6.62. The maximum atomic E-state index is 11.9. The molecule has 1 heterocycles. The van der Waals surface area contributed by atoms with Crippen LogP contribution in [0, 0.1) is 0 Å². The minimum atomic E-state index is -0.911. The van der Waals surface area contributed by atoms with Crippen molar-refractivity contribution in [1.82, 2.24) is 10.2 Å². The molecule has 2 N–H and O–H groups in total. The molecule has 1 aliphatic rings. The summed E-state index contributed by atoms with van der Waals surface area (Å²) in [7, 11) is 0. The predicted octanol–water partition coefficient (Wildman–Crippen LogP) is 2.69. The van der Waals surface area contributed by atoms with Crippen molar-refractivity contribution < 1.29 is 14.7 Å². The molecule has 2 rings (SSSR count). The molecule has 1 fully saturated rings. The molecule has 1 aromatic rings. The van der Waals surface area contributed by atoms with Crippen molar-refractivity contribution in [2.45, 2.75) is 23.0 Å². The summed E-state index contributed by atoms with van der Waals surface area (Å²) < 4.78 is 0. The van der Waals surface area contributed by atoms with Crippen LogP contribution in [0.3, 0.4) is 0 Å². The van der Waals surface area contributed by atoms with E-state index >= 15 is 0 Å². The molecule has 0 spiro atoms. The fraction of sp³-hybridized carbons (Fsp3) is 0.429. The number of aliphatic carboxylic acids is 1. The fourth-order valence-corrected chi connectivity index (χ4v) is 3.60. The normalized spacial score (nSPS) is 17.8. The highest BCUT2D eigenvalue weighted by Crippen LogP contribution is 2.31. The van der Waals surface area contributed by atoms with E-state index in [1.807, 2.05) is 24.3 Å². The number of carboxylic acids is 1. The van der Waals surface area contributed by atoms with Crippen LogP contribution in [0.15, 0.2) is 29.2 Å². The molecule has 0 aromatic heterocycles. The predicted molar refractivity (Wildman–Crippen MR) is 82.9 cm³/mol. The molecule has 1 aromatic carbocycles. The van der Waals surface area contributed by atoms with Crippen LogP contribution in [0.4, 0.5) is 4.79 Å². The SMILES string of the molecule is O=C(O)CCNC(=O)N1CCC(Sc2cccc(Cl)c2)C1. The van der Waals surface area contributed by atoms with E-state index in [1.54, 1.807) is 16.7 Å². The van der Waals surface area contributed by atoms with E-state index < -0.39 is 5.97 Å². The number of benzene rings is 1. The molecule has 0 saturated carbocycles. The lowest BCUT2D eigenvalue weighted by atomic mass is 10.4. The van der Waals surface area contributed by atoms with Gasteiger partial charge in [0.1, 0.15) is 0 Å². The van der Waals surface area contributed by atoms with Gasteiger partial charge in [-0.05, 0) is 24.6 Å². The molecule has 7 heteroatoms. The van der Waals surface area contributed by atoms with Crippen molar-refractivity contribution in [2.24, 2.45) is 0 Å². The van der Waals surface area contributed by atoms with Gasteiger partial charge in [-0.25, -0.2) is 4.79 Å². The number of hydrogen-bond acceptors (Lipinski definition) is 3. The molecule has 114 valence electrons. The van der Waals surface area contributed by atoms with E-state index in [0.717, 1.165) is 11.3 Å². The largest absolute Gasteiger partial charge is 0.481 e. The van der Waals surface area contributed by atoms with Gasteiger partial charge in [-0.2, -0.15) is 0 Å². The van der Waals surface area contributed by atoms with Gasteiger partial charge in [0.2, 0.25) is 0 Å². The molecule has 1 unspecified atom stereocenters. The zero-order valence-electron chi connectivity index (χ0n) is 11.4. The van der Waals surface area contributed by atoms with Gasteiger partial charge in [-0.15, -0.1) is 11.8 Å². The summed E-state index contributed by atoms with van der Waals surface area (Å²) in [6.45, 7) is 1.52. The maximum Gasteiger partial charge on any atom is 0.317 e. The average molecular weight is 329 g/mol. The van der Waals surface area contributed by atoms with Gasteiger partial charge in [-0.3, -0.25) is 4.79 Å². The number of likely N-dealkylation sites (tertiary alicyclic amines) is 1. The number of thioether (sulfide) groups is 1. The van der Waals surface area contributed by atoms with Gasteiger partial charge in [0.25, 0.3) is 0 Å². The first kappa shape index (κ1) is 16.0. The van der Waals surface area contributed by atoms with Crippen molar-refractivity contribution in [3.8, 4) is 0 Å². The van der Waals surface area contributed by atoms with E-state index in [-0.39, 0.29) is 19.0 Å². The molecular formula is C14H17ClN2O3S. The van der Waals surface area contributed by atoms with Crippen molar-refractivity contribution in [2.75, 3.05) is 19.6 Å². The molecule has 0 aliphatic carbocycles. The first-order valence-electron chi connectivity index (χ1n) is 6.71. The van der Waals surface area contributed by atoms with Crippen molar-refractivity contribution in [3.63, 3.8) is 0 Å². The Morgan fingerprint density at radius 1 is 1.48 bits per heavy atom. The highest BCUT2D eigenvalue weighted by atomic mass is 35.5. The van der Waals surface area contributed by atoms with E-state index in [9.17, 15) is 9.59 Å². The smallest absolute Gasteiger partial charge is 0.317 e. The number of amides is 2. The Balaban J connectivity index is 1.77. The van der Waals surface area contributed by atoms with Crippen molar-refractivity contribution >= 4 is 35.4 Å². The van der Waals surface area contributed by atoms with Gasteiger partial charge >= 0.3 is 12.0 Å². The van der Waals surface area contributed by atoms with Crippen LogP contribution in [-0.4, -0.2) is 46.9 Å². The highest BCUT2D eigenvalue weighted by molar-refractivity contribution is 8.00.